The van der Waals surface area contributed by atoms with Crippen LogP contribution in [0, 0.1) is 21.9 Å². The Kier molecular flexibility index (Phi) is 7.82. The molecule has 0 spiro atoms. The molecular formula is C29H21F2N3O4Se. The number of fused-ring (bicyclic) bond motifs is 1. The van der Waals surface area contributed by atoms with E-state index in [-0.39, 0.29) is 32.5 Å². The van der Waals surface area contributed by atoms with Gasteiger partial charge in [-0.05, 0) is 35.4 Å². The molecule has 39 heavy (non-hydrogen) atoms. The van der Waals surface area contributed by atoms with Gasteiger partial charge in [0.25, 0.3) is 0 Å². The molecule has 2 heterocycles. The Morgan fingerprint density at radius 1 is 1.08 bits per heavy atom. The fourth-order valence-corrected chi connectivity index (χ4v) is 5.02. The number of amides is 1. The summed E-state index contributed by atoms with van der Waals surface area (Å²) in [5, 5.41) is 15.7. The standard InChI is InChI=1S/C29H21F2N3O4Se/c30-21-7-2-18(3-8-21)25-16-26(19-4-9-22(31)10-5-19)34(33-25)28(35)24-14-20-6-11-23(15-27(20)38-29(24)36)37-12-1-13-39-17-32/h2-11,14-15,26H,1,12-13,16H2. The van der Waals surface area contributed by atoms with Crippen molar-refractivity contribution < 1.29 is 22.7 Å². The number of carbonyl (C=O) groups is 1. The molecule has 0 radical (unpaired) electrons. The average Bonchev–Trinajstić information content (AvgIpc) is 3.38. The van der Waals surface area contributed by atoms with Gasteiger partial charge in [0.2, 0.25) is 0 Å². The van der Waals surface area contributed by atoms with Crippen molar-refractivity contribution in [2.75, 3.05) is 6.61 Å². The van der Waals surface area contributed by atoms with E-state index in [4.69, 9.17) is 14.4 Å². The van der Waals surface area contributed by atoms with E-state index in [9.17, 15) is 18.4 Å². The van der Waals surface area contributed by atoms with Gasteiger partial charge < -0.3 is 0 Å². The van der Waals surface area contributed by atoms with E-state index >= 15 is 0 Å². The topological polar surface area (TPSA) is 95.9 Å². The van der Waals surface area contributed by atoms with Gasteiger partial charge in [0.15, 0.2) is 0 Å². The second kappa shape index (κ2) is 11.6. The summed E-state index contributed by atoms with van der Waals surface area (Å²) in [6.07, 6.45) is 1.03. The summed E-state index contributed by atoms with van der Waals surface area (Å²) in [7, 11) is 0. The number of nitriles is 1. The van der Waals surface area contributed by atoms with E-state index in [0.29, 0.717) is 34.6 Å². The number of hydrazone groups is 1. The van der Waals surface area contributed by atoms with Crippen LogP contribution in [-0.2, 0) is 0 Å². The van der Waals surface area contributed by atoms with E-state index in [0.717, 1.165) is 11.7 Å². The second-order valence-electron chi connectivity index (χ2n) is 8.76. The molecule has 10 heteroatoms. The maximum atomic E-state index is 13.7. The van der Waals surface area contributed by atoms with Crippen molar-refractivity contribution in [3.63, 3.8) is 0 Å². The Hall–Kier alpha value is -4.32. The van der Waals surface area contributed by atoms with Gasteiger partial charge in [-0.25, -0.2) is 8.78 Å². The number of nitrogens with zero attached hydrogens (tertiary/aromatic N) is 3. The Morgan fingerprint density at radius 2 is 1.79 bits per heavy atom. The molecule has 5 rings (SSSR count). The third-order valence-electron chi connectivity index (χ3n) is 6.21. The molecule has 0 fully saturated rings. The third kappa shape index (κ3) is 5.90. The number of halogens is 2. The normalized spacial score (nSPS) is 14.7. The summed E-state index contributed by atoms with van der Waals surface area (Å²) >= 11 is -0.0582. The molecule has 4 aromatic rings. The van der Waals surface area contributed by atoms with Gasteiger partial charge in [-0.1, -0.05) is 24.3 Å². The minimum atomic E-state index is -0.829. The van der Waals surface area contributed by atoms with Crippen LogP contribution >= 0.6 is 0 Å². The van der Waals surface area contributed by atoms with Crippen LogP contribution in [0.3, 0.4) is 0 Å². The van der Waals surface area contributed by atoms with Gasteiger partial charge in [-0.3, -0.25) is 0 Å². The van der Waals surface area contributed by atoms with Gasteiger partial charge in [-0.15, -0.1) is 0 Å². The first-order chi connectivity index (χ1) is 18.9. The van der Waals surface area contributed by atoms with Crippen molar-refractivity contribution in [3.05, 3.63) is 112 Å². The van der Waals surface area contributed by atoms with Gasteiger partial charge in [0.1, 0.15) is 11.6 Å². The number of benzene rings is 3. The predicted octanol–water partition coefficient (Wildman–Crippen LogP) is 5.44. The number of hydrogen-bond donors (Lipinski definition) is 0. The Morgan fingerprint density at radius 3 is 2.51 bits per heavy atom. The first kappa shape index (κ1) is 26.3. The zero-order valence-corrected chi connectivity index (χ0v) is 22.2. The van der Waals surface area contributed by atoms with Crippen LogP contribution in [0.5, 0.6) is 5.75 Å². The number of carbonyl (C=O) groups excluding carboxylic acids is 1. The van der Waals surface area contributed by atoms with Crippen LogP contribution in [0.2, 0.25) is 5.32 Å². The average molecular weight is 592 g/mol. The molecule has 1 aliphatic rings. The van der Waals surface area contributed by atoms with Crippen molar-refractivity contribution in [3.8, 4) is 10.7 Å². The number of ether oxygens (including phenoxy) is 1. The molecule has 0 saturated heterocycles. The molecule has 1 atom stereocenters. The molecular weight excluding hydrogens is 571 g/mol. The quantitative estimate of drug-likeness (QED) is 0.154. The van der Waals surface area contributed by atoms with Gasteiger partial charge in [0.05, 0.1) is 11.8 Å². The molecule has 7 nitrogen and oxygen atoms in total. The molecule has 0 bridgehead atoms. The maximum absolute atomic E-state index is 13.7. The number of rotatable bonds is 8. The summed E-state index contributed by atoms with van der Waals surface area (Å²) < 4.78 is 38.2. The van der Waals surface area contributed by atoms with Gasteiger partial charge >= 0.3 is 125 Å². The Labute approximate surface area is 228 Å². The zero-order chi connectivity index (χ0) is 27.4. The minimum absolute atomic E-state index is 0.0582. The van der Waals surface area contributed by atoms with Gasteiger partial charge in [0, 0.05) is 6.42 Å². The first-order valence-electron chi connectivity index (χ1n) is 12.1. The van der Waals surface area contributed by atoms with Crippen molar-refractivity contribution in [1.29, 1.82) is 5.26 Å². The molecule has 1 aromatic heterocycles. The van der Waals surface area contributed by atoms with E-state index < -0.39 is 29.2 Å². The van der Waals surface area contributed by atoms with Crippen LogP contribution < -0.4 is 10.4 Å². The van der Waals surface area contributed by atoms with Crippen molar-refractivity contribution >= 4 is 37.5 Å². The van der Waals surface area contributed by atoms with E-state index in [1.165, 1.54) is 35.3 Å². The summed E-state index contributed by atoms with van der Waals surface area (Å²) in [4.78, 5) is 28.7. The molecule has 1 amide bonds. The fraction of sp³-hybridized carbons (Fsp3) is 0.172. The molecule has 196 valence electrons. The molecule has 0 saturated carbocycles. The monoisotopic (exact) mass is 593 g/mol. The molecule has 1 unspecified atom stereocenters. The Bertz CT molecular complexity index is 1650. The molecule has 1 aliphatic heterocycles. The molecule has 0 aliphatic carbocycles. The zero-order valence-electron chi connectivity index (χ0n) is 20.5. The third-order valence-corrected chi connectivity index (χ3v) is 7.52. The van der Waals surface area contributed by atoms with E-state index in [1.807, 2.05) is 0 Å². The fourth-order valence-electron chi connectivity index (χ4n) is 4.28. The molecule has 0 N–H and O–H groups in total. The van der Waals surface area contributed by atoms with Crippen molar-refractivity contribution in [2.24, 2.45) is 5.10 Å². The second-order valence-corrected chi connectivity index (χ2v) is 10.6. The SMILES string of the molecule is N#C[Se]CCCOc1ccc2cc(C(=O)N3N=C(c4ccc(F)cc4)CC3c3ccc(F)cc3)c(=O)oc2c1. The van der Waals surface area contributed by atoms with Crippen LogP contribution in [0.15, 0.2) is 87.1 Å². The van der Waals surface area contributed by atoms with Gasteiger partial charge in [-0.2, -0.15) is 5.10 Å². The van der Waals surface area contributed by atoms with E-state index in [1.54, 1.807) is 42.5 Å². The summed E-state index contributed by atoms with van der Waals surface area (Å²) in [6.45, 7) is 0.434. The van der Waals surface area contributed by atoms with E-state index in [2.05, 4.69) is 10.1 Å². The molecule has 3 aromatic carbocycles. The van der Waals surface area contributed by atoms with Crippen molar-refractivity contribution in [1.82, 2.24) is 5.01 Å². The van der Waals surface area contributed by atoms with Crippen LogP contribution in [-0.4, -0.2) is 38.2 Å². The Balaban J connectivity index is 1.45. The summed E-state index contributed by atoms with van der Waals surface area (Å²) in [5.41, 5.74) is 1.03. The van der Waals surface area contributed by atoms with Crippen LogP contribution in [0.4, 0.5) is 8.78 Å². The van der Waals surface area contributed by atoms with Crippen LogP contribution in [0.25, 0.3) is 11.0 Å². The predicted molar refractivity (Wildman–Crippen MR) is 142 cm³/mol. The van der Waals surface area contributed by atoms with Crippen LogP contribution in [0.1, 0.15) is 40.4 Å². The summed E-state index contributed by atoms with van der Waals surface area (Å²) in [6, 6.07) is 17.3. The van der Waals surface area contributed by atoms with Crippen molar-refractivity contribution in [2.45, 2.75) is 24.2 Å². The first-order valence-corrected chi connectivity index (χ1v) is 14.1. The number of hydrogen-bond acceptors (Lipinski definition) is 6. The summed E-state index contributed by atoms with van der Waals surface area (Å²) in [5.74, 6) is -0.978.